The van der Waals surface area contributed by atoms with Gasteiger partial charge in [-0.3, -0.25) is 9.59 Å². The van der Waals surface area contributed by atoms with Crippen LogP contribution in [0, 0.1) is 5.92 Å². The van der Waals surface area contributed by atoms with E-state index in [9.17, 15) is 9.59 Å². The summed E-state index contributed by atoms with van der Waals surface area (Å²) in [6.45, 7) is 7.78. The Labute approximate surface area is 126 Å². The molecule has 1 aromatic rings. The predicted molar refractivity (Wildman–Crippen MR) is 85.0 cm³/mol. The van der Waals surface area contributed by atoms with E-state index >= 15 is 0 Å². The van der Waals surface area contributed by atoms with Gasteiger partial charge >= 0.3 is 0 Å². The molecule has 0 unspecified atom stereocenters. The minimum absolute atomic E-state index is 0.0368. The lowest BCUT2D eigenvalue weighted by atomic mass is 10.0. The van der Waals surface area contributed by atoms with E-state index in [1.807, 2.05) is 38.1 Å². The fourth-order valence-electron chi connectivity index (χ4n) is 1.90. The first-order valence-electron chi connectivity index (χ1n) is 7.25. The van der Waals surface area contributed by atoms with Crippen LogP contribution in [-0.2, 0) is 9.59 Å². The van der Waals surface area contributed by atoms with Crippen LogP contribution >= 0.6 is 0 Å². The normalized spacial score (nSPS) is 12.3. The Balaban J connectivity index is 2.57. The molecule has 1 aromatic carbocycles. The van der Waals surface area contributed by atoms with E-state index in [-0.39, 0.29) is 24.3 Å². The number of carbonyl (C=O) groups is 2. The second-order valence-corrected chi connectivity index (χ2v) is 5.78. The van der Waals surface area contributed by atoms with Gasteiger partial charge < -0.3 is 16.4 Å². The van der Waals surface area contributed by atoms with Gasteiger partial charge in [0.1, 0.15) is 0 Å². The van der Waals surface area contributed by atoms with Crippen molar-refractivity contribution >= 4 is 17.5 Å². The van der Waals surface area contributed by atoms with Gasteiger partial charge in [-0.05, 0) is 23.5 Å². The SMILES string of the molecule is CC(C)c1ccccc1NC(=O)CNC(=O)[C@@H](N)C(C)C. The van der Waals surface area contributed by atoms with Gasteiger partial charge in [-0.15, -0.1) is 0 Å². The lowest BCUT2D eigenvalue weighted by Crippen LogP contribution is -2.46. The Hall–Kier alpha value is -1.88. The summed E-state index contributed by atoms with van der Waals surface area (Å²) >= 11 is 0. The van der Waals surface area contributed by atoms with Crippen LogP contribution in [0.15, 0.2) is 24.3 Å². The second kappa shape index (κ2) is 7.78. The van der Waals surface area contributed by atoms with E-state index < -0.39 is 6.04 Å². The molecule has 0 fully saturated rings. The molecule has 0 aliphatic heterocycles. The summed E-state index contributed by atoms with van der Waals surface area (Å²) in [4.78, 5) is 23.6. The van der Waals surface area contributed by atoms with Crippen LogP contribution in [0.25, 0.3) is 0 Å². The number of hydrogen-bond acceptors (Lipinski definition) is 3. The molecule has 0 saturated heterocycles. The van der Waals surface area contributed by atoms with Gasteiger partial charge in [-0.25, -0.2) is 0 Å². The lowest BCUT2D eigenvalue weighted by Gasteiger charge is -2.16. The van der Waals surface area contributed by atoms with Crippen LogP contribution in [0.5, 0.6) is 0 Å². The summed E-state index contributed by atoms with van der Waals surface area (Å²) < 4.78 is 0. The highest BCUT2D eigenvalue weighted by atomic mass is 16.2. The molecule has 1 rings (SSSR count). The van der Waals surface area contributed by atoms with Crippen LogP contribution in [-0.4, -0.2) is 24.4 Å². The number of amides is 2. The molecule has 0 aliphatic rings. The third-order valence-electron chi connectivity index (χ3n) is 3.30. The molecule has 21 heavy (non-hydrogen) atoms. The quantitative estimate of drug-likeness (QED) is 0.748. The monoisotopic (exact) mass is 291 g/mol. The standard InChI is InChI=1S/C16H25N3O2/c1-10(2)12-7-5-6-8-13(12)19-14(20)9-18-16(21)15(17)11(3)4/h5-8,10-11,15H,9,17H2,1-4H3,(H,18,21)(H,19,20)/t15-/m0/s1. The molecule has 2 amide bonds. The molecular formula is C16H25N3O2. The van der Waals surface area contributed by atoms with Crippen molar-refractivity contribution in [2.24, 2.45) is 11.7 Å². The summed E-state index contributed by atoms with van der Waals surface area (Å²) in [5, 5.41) is 5.38. The van der Waals surface area contributed by atoms with E-state index in [1.54, 1.807) is 0 Å². The highest BCUT2D eigenvalue weighted by Gasteiger charge is 2.17. The van der Waals surface area contributed by atoms with Gasteiger partial charge in [0.2, 0.25) is 11.8 Å². The van der Waals surface area contributed by atoms with Crippen molar-refractivity contribution in [3.63, 3.8) is 0 Å². The molecule has 1 atom stereocenters. The smallest absolute Gasteiger partial charge is 0.243 e. The van der Waals surface area contributed by atoms with Gasteiger partial charge in [0.25, 0.3) is 0 Å². The molecule has 0 spiro atoms. The van der Waals surface area contributed by atoms with Crippen molar-refractivity contribution in [2.45, 2.75) is 39.7 Å². The van der Waals surface area contributed by atoms with Crippen LogP contribution in [0.4, 0.5) is 5.69 Å². The van der Waals surface area contributed by atoms with Crippen molar-refractivity contribution in [1.29, 1.82) is 0 Å². The van der Waals surface area contributed by atoms with E-state index in [4.69, 9.17) is 5.73 Å². The van der Waals surface area contributed by atoms with Crippen molar-refractivity contribution in [1.82, 2.24) is 5.32 Å². The van der Waals surface area contributed by atoms with Crippen LogP contribution in [0.3, 0.4) is 0 Å². The number of rotatable bonds is 6. The summed E-state index contributed by atoms with van der Waals surface area (Å²) in [6.07, 6.45) is 0. The first-order valence-corrected chi connectivity index (χ1v) is 7.25. The Kier molecular flexibility index (Phi) is 6.37. The van der Waals surface area contributed by atoms with E-state index in [1.165, 1.54) is 0 Å². The molecule has 0 radical (unpaired) electrons. The zero-order chi connectivity index (χ0) is 16.0. The average Bonchev–Trinajstić information content (AvgIpc) is 2.44. The summed E-state index contributed by atoms with van der Waals surface area (Å²) in [7, 11) is 0. The Morgan fingerprint density at radius 2 is 1.76 bits per heavy atom. The third kappa shape index (κ3) is 5.19. The van der Waals surface area contributed by atoms with E-state index in [2.05, 4.69) is 24.5 Å². The second-order valence-electron chi connectivity index (χ2n) is 5.78. The number of carbonyl (C=O) groups excluding carboxylic acids is 2. The molecule has 116 valence electrons. The Morgan fingerprint density at radius 3 is 2.33 bits per heavy atom. The van der Waals surface area contributed by atoms with Gasteiger partial charge in [-0.1, -0.05) is 45.9 Å². The zero-order valence-corrected chi connectivity index (χ0v) is 13.1. The first-order chi connectivity index (χ1) is 9.82. The molecule has 0 aliphatic carbocycles. The molecule has 0 saturated carbocycles. The van der Waals surface area contributed by atoms with Crippen molar-refractivity contribution < 1.29 is 9.59 Å². The van der Waals surface area contributed by atoms with Crippen molar-refractivity contribution in [2.75, 3.05) is 11.9 Å². The summed E-state index contributed by atoms with van der Waals surface area (Å²) in [5.41, 5.74) is 7.56. The minimum atomic E-state index is -0.597. The van der Waals surface area contributed by atoms with Crippen LogP contribution in [0.2, 0.25) is 0 Å². The van der Waals surface area contributed by atoms with Gasteiger partial charge in [0, 0.05) is 5.69 Å². The molecule has 5 heteroatoms. The van der Waals surface area contributed by atoms with Crippen molar-refractivity contribution in [3.05, 3.63) is 29.8 Å². The predicted octanol–water partition coefficient (Wildman–Crippen LogP) is 1.85. The number of hydrogen-bond donors (Lipinski definition) is 3. The molecular weight excluding hydrogens is 266 g/mol. The maximum Gasteiger partial charge on any atom is 0.243 e. The molecule has 0 aromatic heterocycles. The van der Waals surface area contributed by atoms with Crippen LogP contribution < -0.4 is 16.4 Å². The largest absolute Gasteiger partial charge is 0.346 e. The van der Waals surface area contributed by atoms with E-state index in [0.717, 1.165) is 11.3 Å². The van der Waals surface area contributed by atoms with Crippen LogP contribution in [0.1, 0.15) is 39.2 Å². The van der Waals surface area contributed by atoms with Gasteiger partial charge in [0.05, 0.1) is 12.6 Å². The number of nitrogens with two attached hydrogens (primary N) is 1. The average molecular weight is 291 g/mol. The zero-order valence-electron chi connectivity index (χ0n) is 13.1. The van der Waals surface area contributed by atoms with E-state index in [0.29, 0.717) is 5.92 Å². The van der Waals surface area contributed by atoms with Gasteiger partial charge in [-0.2, -0.15) is 0 Å². The maximum absolute atomic E-state index is 11.9. The molecule has 0 heterocycles. The lowest BCUT2D eigenvalue weighted by molar-refractivity contribution is -0.125. The highest BCUT2D eigenvalue weighted by Crippen LogP contribution is 2.23. The number of para-hydroxylation sites is 1. The molecule has 4 N–H and O–H groups in total. The number of nitrogens with one attached hydrogen (secondary N) is 2. The highest BCUT2D eigenvalue weighted by molar-refractivity contribution is 5.95. The summed E-state index contributed by atoms with van der Waals surface area (Å²) in [5.74, 6) is -0.218. The van der Waals surface area contributed by atoms with Crippen molar-refractivity contribution in [3.8, 4) is 0 Å². The number of anilines is 1. The number of benzene rings is 1. The minimum Gasteiger partial charge on any atom is -0.346 e. The maximum atomic E-state index is 11.9. The molecule has 5 nitrogen and oxygen atoms in total. The fourth-order valence-corrected chi connectivity index (χ4v) is 1.90. The third-order valence-corrected chi connectivity index (χ3v) is 3.30. The first kappa shape index (κ1) is 17.2. The Bertz CT molecular complexity index is 498. The molecule has 0 bridgehead atoms. The fraction of sp³-hybridized carbons (Fsp3) is 0.500. The topological polar surface area (TPSA) is 84.2 Å². The summed E-state index contributed by atoms with van der Waals surface area (Å²) in [6, 6.07) is 7.05. The Morgan fingerprint density at radius 1 is 1.14 bits per heavy atom. The van der Waals surface area contributed by atoms with Gasteiger partial charge in [0.15, 0.2) is 0 Å².